The second kappa shape index (κ2) is 3.39. The largest absolute Gasteiger partial charge is 0.358 e. The molecule has 1 rings (SSSR count). The van der Waals surface area contributed by atoms with Crippen molar-refractivity contribution in [2.45, 2.75) is 19.4 Å². The van der Waals surface area contributed by atoms with Gasteiger partial charge in [0.05, 0.1) is 6.07 Å². The number of hydrogen-bond donors (Lipinski definition) is 1. The maximum atomic E-state index is 10.3. The Morgan fingerprint density at radius 2 is 2.36 bits per heavy atom. The van der Waals surface area contributed by atoms with Crippen LogP contribution in [0.5, 0.6) is 0 Å². The van der Waals surface area contributed by atoms with Crippen LogP contribution in [-0.2, 0) is 10.3 Å². The van der Waals surface area contributed by atoms with Gasteiger partial charge < -0.3 is 10.1 Å². The molecule has 74 valence electrons. The number of carbonyl (C=O) groups excluding carboxylic acids is 1. The molecule has 0 bridgehead atoms. The Morgan fingerprint density at radius 1 is 1.71 bits per heavy atom. The van der Waals surface area contributed by atoms with E-state index < -0.39 is 10.5 Å². The number of nitro groups is 1. The van der Waals surface area contributed by atoms with Gasteiger partial charge in [-0.3, -0.25) is 0 Å². The molecule has 0 unspecified atom stereocenters. The van der Waals surface area contributed by atoms with Crippen molar-refractivity contribution in [3.05, 3.63) is 21.9 Å². The number of nitrogens with zero attached hydrogens (tertiary/aromatic N) is 3. The fourth-order valence-electron chi connectivity index (χ4n) is 0.890. The van der Waals surface area contributed by atoms with Gasteiger partial charge in [-0.05, 0) is 18.8 Å². The van der Waals surface area contributed by atoms with Gasteiger partial charge in [-0.25, -0.2) is 4.79 Å². The standard InChI is InChI=1S/C7H8N4O3/c1-7(2,8-4-12)5-3-6(10-9-5)11(13)14/h3H,1-2H3,(H,9,10). The Hall–Kier alpha value is -2.01. The summed E-state index contributed by atoms with van der Waals surface area (Å²) in [5.74, 6) is -0.228. The van der Waals surface area contributed by atoms with Crippen molar-refractivity contribution in [3.8, 4) is 0 Å². The molecule has 0 spiro atoms. The summed E-state index contributed by atoms with van der Waals surface area (Å²) in [6.07, 6.45) is 1.40. The molecule has 0 aliphatic rings. The van der Waals surface area contributed by atoms with Crippen LogP contribution in [0.4, 0.5) is 5.82 Å². The zero-order valence-electron chi connectivity index (χ0n) is 7.64. The van der Waals surface area contributed by atoms with Gasteiger partial charge in [0.1, 0.15) is 11.2 Å². The van der Waals surface area contributed by atoms with Crippen molar-refractivity contribution in [2.24, 2.45) is 4.99 Å². The number of H-pyrrole nitrogens is 1. The predicted octanol–water partition coefficient (Wildman–Crippen LogP) is 0.889. The average molecular weight is 196 g/mol. The predicted molar refractivity (Wildman–Crippen MR) is 46.4 cm³/mol. The summed E-state index contributed by atoms with van der Waals surface area (Å²) in [5, 5.41) is 16.2. The first kappa shape index (κ1) is 10.1. The number of aromatic amines is 1. The molecule has 14 heavy (non-hydrogen) atoms. The molecule has 0 aliphatic carbocycles. The molecule has 7 nitrogen and oxygen atoms in total. The lowest BCUT2D eigenvalue weighted by Crippen LogP contribution is -2.13. The normalized spacial score (nSPS) is 10.7. The minimum absolute atomic E-state index is 0.228. The van der Waals surface area contributed by atoms with Crippen LogP contribution in [0.15, 0.2) is 11.1 Å². The Balaban J connectivity index is 3.08. The molecule has 0 saturated heterocycles. The molecule has 0 aliphatic heterocycles. The van der Waals surface area contributed by atoms with Crippen LogP contribution >= 0.6 is 0 Å². The molecule has 0 aromatic carbocycles. The van der Waals surface area contributed by atoms with Gasteiger partial charge in [-0.15, -0.1) is 5.10 Å². The van der Waals surface area contributed by atoms with Crippen LogP contribution in [0.3, 0.4) is 0 Å². The van der Waals surface area contributed by atoms with E-state index in [0.717, 1.165) is 0 Å². The van der Waals surface area contributed by atoms with Crippen LogP contribution in [0, 0.1) is 10.1 Å². The zero-order valence-corrected chi connectivity index (χ0v) is 7.64. The number of hydrogen-bond acceptors (Lipinski definition) is 5. The molecule has 0 amide bonds. The summed E-state index contributed by atoms with van der Waals surface area (Å²) < 4.78 is 0. The molecule has 0 saturated carbocycles. The zero-order chi connectivity index (χ0) is 10.8. The highest BCUT2D eigenvalue weighted by Gasteiger charge is 2.26. The van der Waals surface area contributed by atoms with Crippen molar-refractivity contribution in [2.75, 3.05) is 0 Å². The third-order valence-corrected chi connectivity index (χ3v) is 1.71. The molecule has 1 aromatic rings. The smallest absolute Gasteiger partial charge is 0.342 e. The van der Waals surface area contributed by atoms with Crippen molar-refractivity contribution in [1.82, 2.24) is 10.2 Å². The van der Waals surface area contributed by atoms with Gasteiger partial charge in [0.2, 0.25) is 6.08 Å². The number of isocyanates is 1. The van der Waals surface area contributed by atoms with Gasteiger partial charge in [0.25, 0.3) is 0 Å². The monoisotopic (exact) mass is 196 g/mol. The number of nitrogens with one attached hydrogen (secondary N) is 1. The third-order valence-electron chi connectivity index (χ3n) is 1.71. The van der Waals surface area contributed by atoms with E-state index in [9.17, 15) is 14.9 Å². The second-order valence-electron chi connectivity index (χ2n) is 3.16. The van der Waals surface area contributed by atoms with E-state index in [1.165, 1.54) is 12.1 Å². The van der Waals surface area contributed by atoms with E-state index in [1.54, 1.807) is 13.8 Å². The summed E-state index contributed by atoms with van der Waals surface area (Å²) >= 11 is 0. The number of aromatic nitrogens is 2. The topological polar surface area (TPSA) is 101 Å². The van der Waals surface area contributed by atoms with E-state index in [1.807, 2.05) is 0 Å². The van der Waals surface area contributed by atoms with Crippen LogP contribution < -0.4 is 0 Å². The fourth-order valence-corrected chi connectivity index (χ4v) is 0.890. The number of rotatable bonds is 3. The highest BCUT2D eigenvalue weighted by molar-refractivity contribution is 5.37. The maximum absolute atomic E-state index is 10.3. The van der Waals surface area contributed by atoms with Gasteiger partial charge in [-0.1, -0.05) is 5.10 Å². The first-order valence-corrected chi connectivity index (χ1v) is 3.76. The highest BCUT2D eigenvalue weighted by Crippen LogP contribution is 2.24. The summed E-state index contributed by atoms with van der Waals surface area (Å²) in [6, 6.07) is 1.24. The van der Waals surface area contributed by atoms with Crippen molar-refractivity contribution >= 4 is 11.9 Å². The lowest BCUT2D eigenvalue weighted by Gasteiger charge is -2.11. The fraction of sp³-hybridized carbons (Fsp3) is 0.429. The molecule has 7 heteroatoms. The highest BCUT2D eigenvalue weighted by atomic mass is 16.6. The third kappa shape index (κ3) is 1.83. The van der Waals surface area contributed by atoms with Crippen LogP contribution in [0.2, 0.25) is 0 Å². The molecular weight excluding hydrogens is 188 g/mol. The quantitative estimate of drug-likeness (QED) is 0.335. The molecule has 1 N–H and O–H groups in total. The van der Waals surface area contributed by atoms with Gasteiger partial charge >= 0.3 is 5.82 Å². The molecule has 0 fully saturated rings. The van der Waals surface area contributed by atoms with E-state index in [2.05, 4.69) is 15.2 Å². The minimum atomic E-state index is -0.896. The Kier molecular flexibility index (Phi) is 2.44. The van der Waals surface area contributed by atoms with E-state index in [0.29, 0.717) is 5.69 Å². The lowest BCUT2D eigenvalue weighted by atomic mass is 10.0. The molecule has 1 heterocycles. The van der Waals surface area contributed by atoms with E-state index >= 15 is 0 Å². The first-order chi connectivity index (χ1) is 6.47. The van der Waals surface area contributed by atoms with Crippen LogP contribution in [0.1, 0.15) is 19.5 Å². The molecular formula is C7H8N4O3. The SMILES string of the molecule is CC(C)(N=C=O)c1cc([N+](=O)[O-])[nH]n1. The van der Waals surface area contributed by atoms with E-state index in [4.69, 9.17) is 0 Å². The lowest BCUT2D eigenvalue weighted by molar-refractivity contribution is -0.389. The summed E-state index contributed by atoms with van der Waals surface area (Å²) in [7, 11) is 0. The number of aliphatic imine (C=N–C) groups is 1. The summed E-state index contributed by atoms with van der Waals surface area (Å²) in [4.78, 5) is 23.3. The Bertz CT molecular complexity index is 403. The Labute approximate surface area is 79.0 Å². The van der Waals surface area contributed by atoms with Crippen molar-refractivity contribution < 1.29 is 9.72 Å². The summed E-state index contributed by atoms with van der Waals surface area (Å²) in [6.45, 7) is 3.22. The second-order valence-corrected chi connectivity index (χ2v) is 3.16. The maximum Gasteiger partial charge on any atom is 0.342 e. The van der Waals surface area contributed by atoms with Crippen LogP contribution in [-0.4, -0.2) is 21.2 Å². The first-order valence-electron chi connectivity index (χ1n) is 3.76. The Morgan fingerprint density at radius 3 is 2.79 bits per heavy atom. The van der Waals surface area contributed by atoms with Crippen molar-refractivity contribution in [1.29, 1.82) is 0 Å². The molecule has 1 aromatic heterocycles. The van der Waals surface area contributed by atoms with Gasteiger partial charge in [0.15, 0.2) is 0 Å². The van der Waals surface area contributed by atoms with Gasteiger partial charge in [0, 0.05) is 0 Å². The average Bonchev–Trinajstić information content (AvgIpc) is 2.51. The van der Waals surface area contributed by atoms with Crippen molar-refractivity contribution in [3.63, 3.8) is 0 Å². The van der Waals surface area contributed by atoms with E-state index in [-0.39, 0.29) is 5.82 Å². The minimum Gasteiger partial charge on any atom is -0.358 e. The summed E-state index contributed by atoms with van der Waals surface area (Å²) in [5.41, 5.74) is -0.570. The van der Waals surface area contributed by atoms with Crippen LogP contribution in [0.25, 0.3) is 0 Å². The van der Waals surface area contributed by atoms with Gasteiger partial charge in [-0.2, -0.15) is 4.99 Å². The molecule has 0 atom stereocenters. The molecule has 0 radical (unpaired) electrons.